The molecule has 0 aliphatic carbocycles. The Labute approximate surface area is 200 Å². The van der Waals surface area contributed by atoms with Crippen LogP contribution in [0.1, 0.15) is 37.1 Å². The Balaban J connectivity index is 1.38. The van der Waals surface area contributed by atoms with Crippen molar-refractivity contribution < 1.29 is 12.8 Å². The summed E-state index contributed by atoms with van der Waals surface area (Å²) in [4.78, 5) is 6.74. The van der Waals surface area contributed by atoms with Crippen molar-refractivity contribution >= 4 is 15.9 Å². The summed E-state index contributed by atoms with van der Waals surface area (Å²) in [6.45, 7) is 6.88. The minimum absolute atomic E-state index is 0.238. The van der Waals surface area contributed by atoms with E-state index in [9.17, 15) is 13.7 Å². The Hall–Kier alpha value is -3.15. The first-order valence-electron chi connectivity index (χ1n) is 11.7. The van der Waals surface area contributed by atoms with Crippen LogP contribution in [0.2, 0.25) is 0 Å². The lowest BCUT2D eigenvalue weighted by Crippen LogP contribution is -2.38. The smallest absolute Gasteiger partial charge is 0.243 e. The lowest BCUT2D eigenvalue weighted by atomic mass is 9.92. The van der Waals surface area contributed by atoms with Crippen LogP contribution in [0, 0.1) is 23.2 Å². The van der Waals surface area contributed by atoms with Crippen molar-refractivity contribution in [2.45, 2.75) is 38.1 Å². The summed E-state index contributed by atoms with van der Waals surface area (Å²) in [5.41, 5.74) is 3.16. The Kier molecular flexibility index (Phi) is 5.92. The second-order valence-corrected chi connectivity index (χ2v) is 11.5. The number of anilines is 1. The molecule has 0 amide bonds. The zero-order valence-corrected chi connectivity index (χ0v) is 20.3. The normalized spacial score (nSPS) is 21.1. The summed E-state index contributed by atoms with van der Waals surface area (Å²) in [5, 5.41) is 9.62. The van der Waals surface area contributed by atoms with E-state index in [1.165, 1.54) is 9.87 Å². The Morgan fingerprint density at radius 3 is 2.38 bits per heavy atom. The number of benzene rings is 2. The topological polar surface area (TPSA) is 90.4 Å². The fraction of sp³-hybridized carbons (Fsp3) is 0.385. The Morgan fingerprint density at radius 1 is 1.03 bits per heavy atom. The highest BCUT2D eigenvalue weighted by atomic mass is 32.2. The van der Waals surface area contributed by atoms with Gasteiger partial charge in [-0.05, 0) is 60.1 Å². The summed E-state index contributed by atoms with van der Waals surface area (Å²) in [5.74, 6) is 1.85. The van der Waals surface area contributed by atoms with E-state index in [0.717, 1.165) is 25.1 Å². The molecule has 2 aliphatic heterocycles. The third-order valence-electron chi connectivity index (χ3n) is 6.71. The number of piperidine rings is 1. The second kappa shape index (κ2) is 8.90. The van der Waals surface area contributed by atoms with Gasteiger partial charge in [-0.15, -0.1) is 0 Å². The van der Waals surface area contributed by atoms with Crippen LogP contribution in [0.5, 0.6) is 0 Å². The van der Waals surface area contributed by atoms with Crippen LogP contribution >= 0.6 is 0 Å². The minimum atomic E-state index is -3.62. The van der Waals surface area contributed by atoms with Crippen molar-refractivity contribution in [3.8, 4) is 17.5 Å². The summed E-state index contributed by atoms with van der Waals surface area (Å²) >= 11 is 0. The third kappa shape index (κ3) is 4.22. The van der Waals surface area contributed by atoms with E-state index in [2.05, 4.69) is 35.9 Å². The molecule has 2 aliphatic rings. The van der Waals surface area contributed by atoms with E-state index < -0.39 is 10.0 Å². The number of aromatic nitrogens is 1. The molecule has 0 spiro atoms. The second-order valence-electron chi connectivity index (χ2n) is 9.52. The van der Waals surface area contributed by atoms with Crippen LogP contribution in [-0.2, 0) is 23.0 Å². The zero-order valence-electron chi connectivity index (χ0n) is 19.4. The first-order valence-corrected chi connectivity index (χ1v) is 13.1. The van der Waals surface area contributed by atoms with Gasteiger partial charge in [0.05, 0.1) is 4.90 Å². The summed E-state index contributed by atoms with van der Waals surface area (Å²) in [6.07, 6.45) is 1.86. The van der Waals surface area contributed by atoms with Crippen molar-refractivity contribution in [2.75, 3.05) is 24.5 Å². The predicted molar refractivity (Wildman–Crippen MR) is 130 cm³/mol. The molecule has 0 bridgehead atoms. The third-order valence-corrected chi connectivity index (χ3v) is 8.57. The van der Waals surface area contributed by atoms with Crippen molar-refractivity contribution in [1.29, 1.82) is 5.26 Å². The van der Waals surface area contributed by atoms with Crippen LogP contribution in [-0.4, -0.2) is 37.3 Å². The number of hydrogen-bond donors (Lipinski definition) is 0. The molecule has 8 heteroatoms. The molecule has 1 saturated heterocycles. The summed E-state index contributed by atoms with van der Waals surface area (Å²) in [6, 6.07) is 16.7. The van der Waals surface area contributed by atoms with Gasteiger partial charge in [-0.1, -0.05) is 38.1 Å². The van der Waals surface area contributed by atoms with Crippen LogP contribution in [0.25, 0.3) is 11.5 Å². The fourth-order valence-corrected chi connectivity index (χ4v) is 6.56. The largest absolute Gasteiger partial charge is 0.419 e. The zero-order chi connectivity index (χ0) is 23.9. The number of oxazole rings is 1. The molecule has 176 valence electrons. The van der Waals surface area contributed by atoms with Crippen molar-refractivity contribution in [1.82, 2.24) is 9.29 Å². The van der Waals surface area contributed by atoms with Gasteiger partial charge < -0.3 is 9.32 Å². The minimum Gasteiger partial charge on any atom is -0.419 e. The Morgan fingerprint density at radius 2 is 1.71 bits per heavy atom. The van der Waals surface area contributed by atoms with Crippen LogP contribution in [0.15, 0.2) is 57.8 Å². The van der Waals surface area contributed by atoms with Crippen LogP contribution < -0.4 is 4.90 Å². The van der Waals surface area contributed by atoms with E-state index in [0.29, 0.717) is 48.7 Å². The highest BCUT2D eigenvalue weighted by molar-refractivity contribution is 7.89. The highest BCUT2D eigenvalue weighted by Crippen LogP contribution is 2.33. The van der Waals surface area contributed by atoms with Crippen molar-refractivity contribution in [3.63, 3.8) is 0 Å². The van der Waals surface area contributed by atoms with E-state index in [1.807, 2.05) is 18.2 Å². The van der Waals surface area contributed by atoms with E-state index in [1.54, 1.807) is 24.3 Å². The lowest BCUT2D eigenvalue weighted by molar-refractivity contribution is 0.344. The maximum Gasteiger partial charge on any atom is 0.243 e. The SMILES string of the molecule is C[C@@H]1C[C@@H](C)CN(c2oc(-c3ccc(S(=O)(=O)N4CCc5ccccc5C4)cc3)nc2C#N)C1. The van der Waals surface area contributed by atoms with E-state index >= 15 is 0 Å². The quantitative estimate of drug-likeness (QED) is 0.553. The standard InChI is InChI=1S/C26H28N4O3S/c1-18-13-19(2)16-29(15-18)26-24(14-27)28-25(33-26)21-7-9-23(10-8-21)34(31,32)30-12-11-20-5-3-4-6-22(20)17-30/h3-10,18-19H,11-13,15-17H2,1-2H3/t18-,19-/m1/s1. The van der Waals surface area contributed by atoms with Gasteiger partial charge in [0.2, 0.25) is 27.5 Å². The maximum absolute atomic E-state index is 13.3. The fourth-order valence-electron chi connectivity index (χ4n) is 5.15. The number of sulfonamides is 1. The van der Waals surface area contributed by atoms with Gasteiger partial charge >= 0.3 is 0 Å². The number of hydrogen-bond acceptors (Lipinski definition) is 6. The number of nitrogens with zero attached hydrogens (tertiary/aromatic N) is 4. The van der Waals surface area contributed by atoms with E-state index in [4.69, 9.17) is 4.42 Å². The molecular weight excluding hydrogens is 448 g/mol. The van der Waals surface area contributed by atoms with Crippen molar-refractivity contribution in [3.05, 3.63) is 65.4 Å². The van der Waals surface area contributed by atoms with Gasteiger partial charge in [-0.3, -0.25) is 0 Å². The van der Waals surface area contributed by atoms with Crippen molar-refractivity contribution in [2.24, 2.45) is 11.8 Å². The molecule has 3 aromatic rings. The number of nitriles is 1. The Bertz CT molecular complexity index is 1330. The summed E-state index contributed by atoms with van der Waals surface area (Å²) < 4.78 is 34.1. The molecule has 2 aromatic carbocycles. The van der Waals surface area contributed by atoms with Crippen LogP contribution in [0.3, 0.4) is 0 Å². The van der Waals surface area contributed by atoms with Gasteiger partial charge in [-0.2, -0.15) is 14.6 Å². The molecular formula is C26H28N4O3S. The molecule has 7 nitrogen and oxygen atoms in total. The van der Waals surface area contributed by atoms with Gasteiger partial charge in [0.1, 0.15) is 6.07 Å². The molecule has 2 atom stereocenters. The maximum atomic E-state index is 13.3. The molecule has 0 unspecified atom stereocenters. The van der Waals surface area contributed by atoms with Gasteiger partial charge in [0, 0.05) is 31.7 Å². The highest BCUT2D eigenvalue weighted by Gasteiger charge is 2.30. The van der Waals surface area contributed by atoms with Gasteiger partial charge in [-0.25, -0.2) is 8.42 Å². The first kappa shape index (κ1) is 22.6. The summed E-state index contributed by atoms with van der Waals surface area (Å²) in [7, 11) is -3.62. The molecule has 5 rings (SSSR count). The average Bonchev–Trinajstić information content (AvgIpc) is 3.28. The molecule has 1 aromatic heterocycles. The molecule has 0 saturated carbocycles. The van der Waals surface area contributed by atoms with E-state index in [-0.39, 0.29) is 10.6 Å². The molecule has 0 N–H and O–H groups in total. The van der Waals surface area contributed by atoms with Crippen LogP contribution in [0.4, 0.5) is 5.88 Å². The van der Waals surface area contributed by atoms with Gasteiger partial charge in [0.15, 0.2) is 0 Å². The molecule has 34 heavy (non-hydrogen) atoms. The number of rotatable bonds is 4. The molecule has 0 radical (unpaired) electrons. The molecule has 1 fully saturated rings. The monoisotopic (exact) mass is 476 g/mol. The lowest BCUT2D eigenvalue weighted by Gasteiger charge is -2.34. The number of fused-ring (bicyclic) bond motifs is 1. The first-order chi connectivity index (χ1) is 16.3. The molecule has 3 heterocycles. The average molecular weight is 477 g/mol. The van der Waals surface area contributed by atoms with Gasteiger partial charge in [0.25, 0.3) is 0 Å². The predicted octanol–water partition coefficient (Wildman–Crippen LogP) is 4.44.